The standard InChI is InChI=1S/C22H24N2O5S/c1-13-14(2)30-22-17(13)20(27)19(18(21(22)28)23(3)16(26)12-29-4)24(10-11-25)15-8-6-5-7-9-15/h5-9,25H,10-12H2,1-4H3. The van der Waals surface area contributed by atoms with E-state index in [0.717, 1.165) is 10.4 Å². The number of carbonyl (C=O) groups is 3. The summed E-state index contributed by atoms with van der Waals surface area (Å²) in [6, 6.07) is 9.02. The quantitative estimate of drug-likeness (QED) is 0.729. The lowest BCUT2D eigenvalue weighted by molar-refractivity contribution is -0.131. The summed E-state index contributed by atoms with van der Waals surface area (Å²) in [5.41, 5.74) is 1.84. The van der Waals surface area contributed by atoms with Gasteiger partial charge in [-0.15, -0.1) is 11.3 Å². The Morgan fingerprint density at radius 1 is 1.10 bits per heavy atom. The Hall–Kier alpha value is -2.81. The van der Waals surface area contributed by atoms with Crippen LogP contribution in [-0.2, 0) is 9.53 Å². The summed E-state index contributed by atoms with van der Waals surface area (Å²) in [4.78, 5) is 43.8. The third-order valence-corrected chi connectivity index (χ3v) is 6.32. The Morgan fingerprint density at radius 2 is 1.77 bits per heavy atom. The number of Topliss-reactive ketones (excluding diaryl/α,β-unsaturated/α-hetero) is 2. The van der Waals surface area contributed by atoms with Crippen LogP contribution < -0.4 is 4.90 Å². The van der Waals surface area contributed by atoms with Gasteiger partial charge in [-0.05, 0) is 31.5 Å². The number of rotatable bonds is 7. The molecule has 30 heavy (non-hydrogen) atoms. The van der Waals surface area contributed by atoms with Crippen molar-refractivity contribution >= 4 is 34.5 Å². The van der Waals surface area contributed by atoms with Gasteiger partial charge in [0.2, 0.25) is 11.6 Å². The summed E-state index contributed by atoms with van der Waals surface area (Å²) in [5, 5.41) is 9.69. The molecule has 1 aliphatic rings. The van der Waals surface area contributed by atoms with Crippen LogP contribution in [-0.4, -0.2) is 61.4 Å². The molecule has 1 N–H and O–H groups in total. The fraction of sp³-hybridized carbons (Fsp3) is 0.318. The average Bonchev–Trinajstić information content (AvgIpc) is 3.04. The van der Waals surface area contributed by atoms with E-state index in [0.29, 0.717) is 16.1 Å². The minimum Gasteiger partial charge on any atom is -0.395 e. The number of ether oxygens (including phenoxy) is 1. The van der Waals surface area contributed by atoms with E-state index < -0.39 is 5.91 Å². The normalized spacial score (nSPS) is 13.5. The van der Waals surface area contributed by atoms with Gasteiger partial charge < -0.3 is 19.6 Å². The first kappa shape index (κ1) is 21.9. The Bertz CT molecular complexity index is 1030. The molecule has 3 rings (SSSR count). The van der Waals surface area contributed by atoms with E-state index in [1.807, 2.05) is 19.9 Å². The topological polar surface area (TPSA) is 87.2 Å². The molecule has 1 aliphatic carbocycles. The second-order valence-corrected chi connectivity index (χ2v) is 8.16. The largest absolute Gasteiger partial charge is 0.395 e. The van der Waals surface area contributed by atoms with Gasteiger partial charge in [-0.1, -0.05) is 18.2 Å². The molecule has 1 aromatic heterocycles. The van der Waals surface area contributed by atoms with Gasteiger partial charge in [0.1, 0.15) is 18.0 Å². The molecule has 0 saturated carbocycles. The number of hydrogen-bond donors (Lipinski definition) is 1. The molecule has 158 valence electrons. The Balaban J connectivity index is 2.28. The highest BCUT2D eigenvalue weighted by Gasteiger charge is 2.41. The Morgan fingerprint density at radius 3 is 2.37 bits per heavy atom. The second-order valence-electron chi connectivity index (χ2n) is 6.94. The molecule has 2 aromatic rings. The molecule has 0 radical (unpaired) electrons. The van der Waals surface area contributed by atoms with Crippen molar-refractivity contribution in [2.75, 3.05) is 38.8 Å². The molecule has 1 amide bonds. The smallest absolute Gasteiger partial charge is 0.252 e. The summed E-state index contributed by atoms with van der Waals surface area (Å²) >= 11 is 1.26. The Kier molecular flexibility index (Phi) is 6.50. The van der Waals surface area contributed by atoms with E-state index in [9.17, 15) is 19.5 Å². The number of thiophene rings is 1. The highest BCUT2D eigenvalue weighted by molar-refractivity contribution is 7.15. The fourth-order valence-electron chi connectivity index (χ4n) is 3.49. The lowest BCUT2D eigenvalue weighted by Crippen LogP contribution is -2.42. The number of amides is 1. The molecule has 0 bridgehead atoms. The van der Waals surface area contributed by atoms with Gasteiger partial charge >= 0.3 is 0 Å². The van der Waals surface area contributed by atoms with Crippen molar-refractivity contribution in [2.24, 2.45) is 0 Å². The number of likely N-dealkylation sites (N-methyl/N-ethyl adjacent to an activating group) is 1. The molecule has 0 fully saturated rings. The van der Waals surface area contributed by atoms with E-state index in [1.54, 1.807) is 29.2 Å². The van der Waals surface area contributed by atoms with Crippen LogP contribution in [0.4, 0.5) is 5.69 Å². The molecule has 0 spiro atoms. The van der Waals surface area contributed by atoms with E-state index >= 15 is 0 Å². The molecule has 0 aliphatic heterocycles. The Labute approximate surface area is 179 Å². The van der Waals surface area contributed by atoms with Crippen LogP contribution in [0.3, 0.4) is 0 Å². The molecule has 8 heteroatoms. The fourth-order valence-corrected chi connectivity index (χ4v) is 4.58. The van der Waals surface area contributed by atoms with Crippen molar-refractivity contribution in [1.82, 2.24) is 4.90 Å². The van der Waals surface area contributed by atoms with E-state index in [4.69, 9.17) is 4.74 Å². The van der Waals surface area contributed by atoms with Gasteiger partial charge in [-0.2, -0.15) is 0 Å². The van der Waals surface area contributed by atoms with Gasteiger partial charge in [0.15, 0.2) is 0 Å². The maximum atomic E-state index is 13.7. The average molecular weight is 429 g/mol. The summed E-state index contributed by atoms with van der Waals surface area (Å²) in [5.74, 6) is -1.17. The van der Waals surface area contributed by atoms with Crippen molar-refractivity contribution in [3.05, 3.63) is 62.6 Å². The molecular formula is C22H24N2O5S. The zero-order valence-corrected chi connectivity index (χ0v) is 18.2. The number of fused-ring (bicyclic) bond motifs is 1. The predicted molar refractivity (Wildman–Crippen MR) is 115 cm³/mol. The number of carbonyl (C=O) groups excluding carboxylic acids is 3. The minimum absolute atomic E-state index is 0.00639. The van der Waals surface area contributed by atoms with Crippen LogP contribution in [0, 0.1) is 13.8 Å². The van der Waals surface area contributed by atoms with Crippen molar-refractivity contribution in [3.63, 3.8) is 0 Å². The van der Waals surface area contributed by atoms with Crippen LogP contribution in [0.2, 0.25) is 0 Å². The number of aliphatic hydroxyl groups is 1. The maximum absolute atomic E-state index is 13.7. The van der Waals surface area contributed by atoms with Crippen molar-refractivity contribution in [2.45, 2.75) is 13.8 Å². The minimum atomic E-state index is -0.448. The number of hydrogen-bond acceptors (Lipinski definition) is 7. The van der Waals surface area contributed by atoms with Crippen molar-refractivity contribution in [1.29, 1.82) is 0 Å². The van der Waals surface area contributed by atoms with Crippen LogP contribution >= 0.6 is 11.3 Å². The van der Waals surface area contributed by atoms with Gasteiger partial charge in [0.25, 0.3) is 5.91 Å². The third kappa shape index (κ3) is 3.69. The van der Waals surface area contributed by atoms with Crippen LogP contribution in [0.5, 0.6) is 0 Å². The molecule has 1 heterocycles. The number of benzene rings is 1. The number of ketones is 2. The first-order chi connectivity index (χ1) is 14.3. The summed E-state index contributed by atoms with van der Waals surface area (Å²) in [7, 11) is 2.85. The van der Waals surface area contributed by atoms with Gasteiger partial charge in [-0.3, -0.25) is 14.4 Å². The number of para-hydroxylation sites is 1. The third-order valence-electron chi connectivity index (χ3n) is 5.11. The lowest BCUT2D eigenvalue weighted by Gasteiger charge is -2.33. The zero-order chi connectivity index (χ0) is 22.0. The second kappa shape index (κ2) is 8.91. The first-order valence-corrected chi connectivity index (χ1v) is 10.3. The van der Waals surface area contributed by atoms with Gasteiger partial charge in [0, 0.05) is 36.8 Å². The molecular weight excluding hydrogens is 404 g/mol. The van der Waals surface area contributed by atoms with E-state index in [2.05, 4.69) is 0 Å². The molecule has 7 nitrogen and oxygen atoms in total. The van der Waals surface area contributed by atoms with Crippen LogP contribution in [0.25, 0.3) is 0 Å². The monoisotopic (exact) mass is 428 g/mol. The van der Waals surface area contributed by atoms with E-state index in [1.165, 1.54) is 30.4 Å². The SMILES string of the molecule is COCC(=O)N(C)C1=C(N(CCO)c2ccccc2)C(=O)c2c(sc(C)c2C)C1=O. The molecule has 0 atom stereocenters. The van der Waals surface area contributed by atoms with E-state index in [-0.39, 0.29) is 42.7 Å². The highest BCUT2D eigenvalue weighted by Crippen LogP contribution is 2.38. The van der Waals surface area contributed by atoms with Crippen LogP contribution in [0.1, 0.15) is 30.5 Å². The highest BCUT2D eigenvalue weighted by atomic mass is 32.1. The first-order valence-electron chi connectivity index (χ1n) is 9.46. The molecule has 1 aromatic carbocycles. The summed E-state index contributed by atoms with van der Waals surface area (Å²) in [6.45, 7) is 3.30. The van der Waals surface area contributed by atoms with Crippen LogP contribution in [0.15, 0.2) is 41.7 Å². The van der Waals surface area contributed by atoms with Gasteiger partial charge in [-0.25, -0.2) is 0 Å². The van der Waals surface area contributed by atoms with Crippen molar-refractivity contribution in [3.8, 4) is 0 Å². The number of methoxy groups -OCH3 is 1. The van der Waals surface area contributed by atoms with Gasteiger partial charge in [0.05, 0.1) is 11.5 Å². The maximum Gasteiger partial charge on any atom is 0.252 e. The zero-order valence-electron chi connectivity index (χ0n) is 17.4. The lowest BCUT2D eigenvalue weighted by atomic mass is 9.92. The van der Waals surface area contributed by atoms with Crippen molar-refractivity contribution < 1.29 is 24.2 Å². The summed E-state index contributed by atoms with van der Waals surface area (Å²) in [6.07, 6.45) is 0. The molecule has 0 unspecified atom stereocenters. The number of aliphatic hydroxyl groups excluding tert-OH is 1. The number of nitrogens with zero attached hydrogens (tertiary/aromatic N) is 2. The number of aryl methyl sites for hydroxylation is 1. The predicted octanol–water partition coefficient (Wildman–Crippen LogP) is 2.56. The molecule has 0 saturated heterocycles. The number of allylic oxidation sites excluding steroid dienone is 2. The summed E-state index contributed by atoms with van der Waals surface area (Å²) < 4.78 is 4.94. The number of anilines is 1.